The van der Waals surface area contributed by atoms with Crippen molar-refractivity contribution in [3.05, 3.63) is 21.8 Å². The number of thioether (sulfide) groups is 1. The van der Waals surface area contributed by atoms with Crippen LogP contribution in [0.5, 0.6) is 0 Å². The second-order valence-electron chi connectivity index (χ2n) is 7.04. The van der Waals surface area contributed by atoms with E-state index in [9.17, 15) is 9.59 Å². The molecule has 0 saturated heterocycles. The highest BCUT2D eigenvalue weighted by Gasteiger charge is 2.28. The minimum Gasteiger partial charge on any atom is -0.465 e. The lowest BCUT2D eigenvalue weighted by Crippen LogP contribution is -2.17. The van der Waals surface area contributed by atoms with Crippen LogP contribution in [0.1, 0.15) is 66.2 Å². The van der Waals surface area contributed by atoms with Gasteiger partial charge in [0.15, 0.2) is 5.16 Å². The molecule has 1 aliphatic carbocycles. The maximum atomic E-state index is 12.6. The van der Waals surface area contributed by atoms with Gasteiger partial charge in [-0.1, -0.05) is 32.5 Å². The molecule has 2 aromatic rings. The quantitative estimate of drug-likeness (QED) is 0.513. The largest absolute Gasteiger partial charge is 0.465 e. The molecular weight excluding hydrogens is 396 g/mol. The van der Waals surface area contributed by atoms with Crippen LogP contribution in [0, 0.1) is 0 Å². The minimum absolute atomic E-state index is 0.160. The zero-order valence-corrected chi connectivity index (χ0v) is 18.3. The number of hydrogen-bond donors (Lipinski definition) is 1. The summed E-state index contributed by atoms with van der Waals surface area (Å²) in [4.78, 5) is 25.9. The number of carbonyl (C=O) groups is 2. The van der Waals surface area contributed by atoms with Gasteiger partial charge in [0, 0.05) is 17.3 Å². The third-order valence-electron chi connectivity index (χ3n) is 4.61. The van der Waals surface area contributed by atoms with Crippen molar-refractivity contribution >= 4 is 40.0 Å². The number of thiophene rings is 1. The maximum absolute atomic E-state index is 12.6. The molecule has 0 atom stereocenters. The molecule has 9 heteroatoms. The highest BCUT2D eigenvalue weighted by molar-refractivity contribution is 7.99. The van der Waals surface area contributed by atoms with Crippen LogP contribution in [0.25, 0.3) is 0 Å². The van der Waals surface area contributed by atoms with Crippen LogP contribution in [0.15, 0.2) is 5.16 Å². The van der Waals surface area contributed by atoms with Crippen LogP contribution in [-0.4, -0.2) is 39.5 Å². The molecule has 0 fully saturated rings. The molecule has 0 aromatic carbocycles. The molecule has 28 heavy (non-hydrogen) atoms. The minimum atomic E-state index is -0.383. The smallest absolute Gasteiger partial charge is 0.341 e. The van der Waals surface area contributed by atoms with Gasteiger partial charge < -0.3 is 14.6 Å². The third kappa shape index (κ3) is 4.25. The number of amides is 1. The van der Waals surface area contributed by atoms with Gasteiger partial charge in [0.25, 0.3) is 0 Å². The number of anilines is 1. The fourth-order valence-electron chi connectivity index (χ4n) is 3.37. The summed E-state index contributed by atoms with van der Waals surface area (Å²) in [6.45, 7) is 7.10. The van der Waals surface area contributed by atoms with Crippen molar-refractivity contribution in [2.24, 2.45) is 0 Å². The monoisotopic (exact) mass is 422 g/mol. The van der Waals surface area contributed by atoms with Crippen LogP contribution < -0.4 is 5.32 Å². The molecule has 1 N–H and O–H groups in total. The summed E-state index contributed by atoms with van der Waals surface area (Å²) in [5.41, 5.74) is 1.55. The van der Waals surface area contributed by atoms with Crippen LogP contribution in [0.2, 0.25) is 0 Å². The Labute approximate surface area is 173 Å². The van der Waals surface area contributed by atoms with E-state index in [0.717, 1.165) is 48.8 Å². The van der Waals surface area contributed by atoms with Gasteiger partial charge in [-0.3, -0.25) is 4.79 Å². The van der Waals surface area contributed by atoms with E-state index in [1.54, 1.807) is 0 Å². The predicted molar refractivity (Wildman–Crippen MR) is 111 cm³/mol. The van der Waals surface area contributed by atoms with E-state index in [1.807, 2.05) is 0 Å². The van der Waals surface area contributed by atoms with Crippen molar-refractivity contribution in [3.63, 3.8) is 0 Å². The van der Waals surface area contributed by atoms with E-state index >= 15 is 0 Å². The van der Waals surface area contributed by atoms with E-state index in [-0.39, 0.29) is 23.5 Å². The number of fused-ring (bicyclic) bond motifs is 1. The Bertz CT molecular complexity index is 873. The average molecular weight is 423 g/mol. The first-order valence-electron chi connectivity index (χ1n) is 9.54. The van der Waals surface area contributed by atoms with Gasteiger partial charge >= 0.3 is 5.97 Å². The highest BCUT2D eigenvalue weighted by Crippen LogP contribution is 2.39. The highest BCUT2D eigenvalue weighted by atomic mass is 32.2. The predicted octanol–water partition coefficient (Wildman–Crippen LogP) is 3.88. The van der Waals surface area contributed by atoms with Gasteiger partial charge in [0.05, 0.1) is 18.4 Å². The van der Waals surface area contributed by atoms with E-state index in [2.05, 4.69) is 40.9 Å². The summed E-state index contributed by atoms with van der Waals surface area (Å²) in [5.74, 6) is 0.882. The number of aryl methyl sites for hydroxylation is 1. The molecular formula is C19H26N4O3S2. The normalized spacial score (nSPS) is 13.0. The van der Waals surface area contributed by atoms with Gasteiger partial charge in [-0.05, 0) is 31.2 Å². The molecule has 2 heterocycles. The fraction of sp³-hybridized carbons (Fsp3) is 0.579. The number of ether oxygens (including phenoxy) is 1. The standard InChI is InChI=1S/C19H26N4O3S2/c1-5-9-23-16(11(2)3)21-22-19(23)27-10-14(24)20-17-15(18(25)26-4)12-7-6-8-13(12)28-17/h11H,5-10H2,1-4H3,(H,20,24). The Hall–Kier alpha value is -1.87. The zero-order chi connectivity index (χ0) is 20.3. The SMILES string of the molecule is CCCn1c(SCC(=O)Nc2sc3c(c2C(=O)OC)CCC3)nnc1C(C)C. The van der Waals surface area contributed by atoms with Gasteiger partial charge in [-0.15, -0.1) is 21.5 Å². The number of carbonyl (C=O) groups excluding carboxylic acids is 2. The van der Waals surface area contributed by atoms with E-state index < -0.39 is 0 Å². The van der Waals surface area contributed by atoms with Gasteiger partial charge in [-0.2, -0.15) is 0 Å². The Morgan fingerprint density at radius 3 is 2.79 bits per heavy atom. The molecule has 0 spiro atoms. The van der Waals surface area contributed by atoms with Crippen molar-refractivity contribution in [1.29, 1.82) is 0 Å². The molecule has 152 valence electrons. The van der Waals surface area contributed by atoms with E-state index in [0.29, 0.717) is 10.6 Å². The van der Waals surface area contributed by atoms with Gasteiger partial charge in [0.1, 0.15) is 10.8 Å². The number of nitrogens with zero attached hydrogens (tertiary/aromatic N) is 3. The molecule has 1 amide bonds. The average Bonchev–Trinajstić information content (AvgIpc) is 3.34. The number of rotatable bonds is 8. The number of aromatic nitrogens is 3. The summed E-state index contributed by atoms with van der Waals surface area (Å²) in [6.07, 6.45) is 3.83. The lowest BCUT2D eigenvalue weighted by atomic mass is 10.1. The number of esters is 1. The van der Waals surface area contributed by atoms with Gasteiger partial charge in [0.2, 0.25) is 5.91 Å². The summed E-state index contributed by atoms with van der Waals surface area (Å²) < 4.78 is 7.01. The van der Waals surface area contributed by atoms with Gasteiger partial charge in [-0.25, -0.2) is 4.79 Å². The first kappa shape index (κ1) is 20.9. The zero-order valence-electron chi connectivity index (χ0n) is 16.7. The number of hydrogen-bond acceptors (Lipinski definition) is 7. The Morgan fingerprint density at radius 1 is 1.32 bits per heavy atom. The molecule has 0 radical (unpaired) electrons. The molecule has 7 nitrogen and oxygen atoms in total. The number of nitrogens with one attached hydrogen (secondary N) is 1. The Balaban J connectivity index is 1.70. The van der Waals surface area contributed by atoms with Crippen LogP contribution in [0.3, 0.4) is 0 Å². The van der Waals surface area contributed by atoms with Crippen molar-refractivity contribution in [2.45, 2.75) is 64.1 Å². The molecule has 2 aromatic heterocycles. The molecule has 3 rings (SSSR count). The maximum Gasteiger partial charge on any atom is 0.341 e. The van der Waals surface area contributed by atoms with Crippen LogP contribution in [-0.2, 0) is 28.9 Å². The Morgan fingerprint density at radius 2 is 2.11 bits per heavy atom. The second-order valence-corrected chi connectivity index (χ2v) is 9.08. The number of methoxy groups -OCH3 is 1. The van der Waals surface area contributed by atoms with Crippen molar-refractivity contribution < 1.29 is 14.3 Å². The van der Waals surface area contributed by atoms with E-state index in [4.69, 9.17) is 4.74 Å². The Kier molecular flexibility index (Phi) is 6.77. The summed E-state index contributed by atoms with van der Waals surface area (Å²) in [5, 5.41) is 12.8. The molecule has 0 aliphatic heterocycles. The van der Waals surface area contributed by atoms with Crippen molar-refractivity contribution in [1.82, 2.24) is 14.8 Å². The topological polar surface area (TPSA) is 86.1 Å². The molecule has 0 saturated carbocycles. The molecule has 0 unspecified atom stereocenters. The summed E-state index contributed by atoms with van der Waals surface area (Å²) in [7, 11) is 1.37. The summed E-state index contributed by atoms with van der Waals surface area (Å²) in [6, 6.07) is 0. The molecule has 1 aliphatic rings. The first-order chi connectivity index (χ1) is 13.5. The van der Waals surface area contributed by atoms with Crippen LogP contribution >= 0.6 is 23.1 Å². The summed E-state index contributed by atoms with van der Waals surface area (Å²) >= 11 is 2.86. The van der Waals surface area contributed by atoms with Crippen LogP contribution in [0.4, 0.5) is 5.00 Å². The fourth-order valence-corrected chi connectivity index (χ4v) is 5.44. The van der Waals surface area contributed by atoms with E-state index in [1.165, 1.54) is 35.1 Å². The first-order valence-corrected chi connectivity index (χ1v) is 11.3. The second kappa shape index (κ2) is 9.09. The van der Waals surface area contributed by atoms with Crippen molar-refractivity contribution in [2.75, 3.05) is 18.2 Å². The third-order valence-corrected chi connectivity index (χ3v) is 6.78. The lowest BCUT2D eigenvalue weighted by molar-refractivity contribution is -0.113. The van der Waals surface area contributed by atoms with Crippen molar-refractivity contribution in [3.8, 4) is 0 Å². The lowest BCUT2D eigenvalue weighted by Gasteiger charge is -2.11. The molecule has 0 bridgehead atoms.